The summed E-state index contributed by atoms with van der Waals surface area (Å²) in [5.74, 6) is 1.06. The molecule has 1 amide bonds. The van der Waals surface area contributed by atoms with Gasteiger partial charge in [0, 0.05) is 19.6 Å². The maximum atomic E-state index is 12.5. The largest absolute Gasteiger partial charge is 0.508 e. The van der Waals surface area contributed by atoms with Gasteiger partial charge in [-0.3, -0.25) is 4.79 Å². The minimum Gasteiger partial charge on any atom is -0.508 e. The third kappa shape index (κ3) is 2.32. The first kappa shape index (κ1) is 12.5. The molecule has 102 valence electrons. The summed E-state index contributed by atoms with van der Waals surface area (Å²) in [6.45, 7) is 5.28. The Balaban J connectivity index is 1.76. The van der Waals surface area contributed by atoms with Crippen LogP contribution in [0.5, 0.6) is 5.75 Å². The number of rotatable bonds is 1. The monoisotopic (exact) mass is 260 g/mol. The molecule has 2 unspecified atom stereocenters. The van der Waals surface area contributed by atoms with Gasteiger partial charge in [0.1, 0.15) is 5.75 Å². The number of fused-ring (bicyclic) bond motifs is 1. The molecule has 2 atom stereocenters. The van der Waals surface area contributed by atoms with E-state index >= 15 is 0 Å². The number of hydrogen-bond donors (Lipinski definition) is 2. The van der Waals surface area contributed by atoms with Crippen molar-refractivity contribution < 1.29 is 9.90 Å². The average Bonchev–Trinajstić information content (AvgIpc) is 2.83. The van der Waals surface area contributed by atoms with E-state index in [4.69, 9.17) is 0 Å². The number of nitrogens with one attached hydrogen (secondary N) is 1. The average molecular weight is 260 g/mol. The molecule has 1 saturated heterocycles. The first-order valence-electron chi connectivity index (χ1n) is 6.95. The van der Waals surface area contributed by atoms with E-state index in [1.54, 1.807) is 12.1 Å². The highest BCUT2D eigenvalue weighted by Crippen LogP contribution is 2.26. The minimum atomic E-state index is 0.110. The molecule has 2 aliphatic heterocycles. The van der Waals surface area contributed by atoms with Crippen molar-refractivity contribution in [3.05, 3.63) is 29.3 Å². The van der Waals surface area contributed by atoms with Crippen molar-refractivity contribution in [1.29, 1.82) is 0 Å². The lowest BCUT2D eigenvalue weighted by atomic mass is 9.94. The second kappa shape index (κ2) is 4.85. The molecule has 2 aliphatic rings. The van der Waals surface area contributed by atoms with Crippen LogP contribution in [0.25, 0.3) is 0 Å². The van der Waals surface area contributed by atoms with Gasteiger partial charge in [-0.25, -0.2) is 0 Å². The summed E-state index contributed by atoms with van der Waals surface area (Å²) in [6, 6.07) is 5.47. The summed E-state index contributed by atoms with van der Waals surface area (Å²) in [5, 5.41) is 12.8. The molecule has 19 heavy (non-hydrogen) atoms. The zero-order chi connectivity index (χ0) is 13.4. The Labute approximate surface area is 113 Å². The smallest absolute Gasteiger partial charge is 0.227 e. The summed E-state index contributed by atoms with van der Waals surface area (Å²) in [7, 11) is 0. The van der Waals surface area contributed by atoms with Crippen LogP contribution in [0.15, 0.2) is 18.2 Å². The van der Waals surface area contributed by atoms with Crippen LogP contribution in [0.4, 0.5) is 0 Å². The maximum Gasteiger partial charge on any atom is 0.227 e. The van der Waals surface area contributed by atoms with Crippen LogP contribution in [0.2, 0.25) is 0 Å². The van der Waals surface area contributed by atoms with E-state index in [2.05, 4.69) is 12.2 Å². The van der Waals surface area contributed by atoms with E-state index in [1.165, 1.54) is 5.56 Å². The number of carbonyl (C=O) groups is 1. The topological polar surface area (TPSA) is 52.6 Å². The fourth-order valence-corrected chi connectivity index (χ4v) is 3.11. The van der Waals surface area contributed by atoms with Crippen molar-refractivity contribution in [3.63, 3.8) is 0 Å². The lowest BCUT2D eigenvalue weighted by Gasteiger charge is -2.31. The van der Waals surface area contributed by atoms with Gasteiger partial charge in [0.15, 0.2) is 0 Å². The van der Waals surface area contributed by atoms with Gasteiger partial charge in [-0.05, 0) is 42.1 Å². The molecule has 3 rings (SSSR count). The Morgan fingerprint density at radius 2 is 2.21 bits per heavy atom. The number of amides is 1. The number of hydrogen-bond acceptors (Lipinski definition) is 3. The first-order valence-corrected chi connectivity index (χ1v) is 6.95. The van der Waals surface area contributed by atoms with Crippen molar-refractivity contribution in [3.8, 4) is 5.75 Å². The highest BCUT2D eigenvalue weighted by Gasteiger charge is 2.33. The summed E-state index contributed by atoms with van der Waals surface area (Å²) in [5.41, 5.74) is 2.33. The Bertz CT molecular complexity index is 501. The van der Waals surface area contributed by atoms with Gasteiger partial charge in [0.2, 0.25) is 5.91 Å². The van der Waals surface area contributed by atoms with E-state index in [9.17, 15) is 9.90 Å². The zero-order valence-electron chi connectivity index (χ0n) is 11.2. The van der Waals surface area contributed by atoms with Crippen LogP contribution in [0, 0.1) is 11.8 Å². The summed E-state index contributed by atoms with van der Waals surface area (Å²) >= 11 is 0. The predicted molar refractivity (Wildman–Crippen MR) is 72.8 cm³/mol. The van der Waals surface area contributed by atoms with Gasteiger partial charge in [-0.1, -0.05) is 13.0 Å². The zero-order valence-corrected chi connectivity index (χ0v) is 11.2. The van der Waals surface area contributed by atoms with Crippen molar-refractivity contribution in [1.82, 2.24) is 10.2 Å². The Morgan fingerprint density at radius 1 is 1.37 bits per heavy atom. The van der Waals surface area contributed by atoms with E-state index in [0.717, 1.165) is 31.6 Å². The number of benzene rings is 1. The lowest BCUT2D eigenvalue weighted by Crippen LogP contribution is -2.41. The van der Waals surface area contributed by atoms with Gasteiger partial charge in [-0.15, -0.1) is 0 Å². The van der Waals surface area contributed by atoms with Gasteiger partial charge in [0.25, 0.3) is 0 Å². The van der Waals surface area contributed by atoms with Crippen LogP contribution >= 0.6 is 0 Å². The molecule has 2 N–H and O–H groups in total. The molecule has 0 aliphatic carbocycles. The number of phenolic OH excluding ortho intramolecular Hbond substituents is 1. The van der Waals surface area contributed by atoms with Crippen LogP contribution in [-0.4, -0.2) is 35.5 Å². The molecule has 4 heteroatoms. The highest BCUT2D eigenvalue weighted by molar-refractivity contribution is 5.80. The van der Waals surface area contributed by atoms with E-state index < -0.39 is 0 Å². The summed E-state index contributed by atoms with van der Waals surface area (Å²) < 4.78 is 0. The molecule has 1 fully saturated rings. The Kier molecular flexibility index (Phi) is 3.19. The fourth-order valence-electron chi connectivity index (χ4n) is 3.11. The predicted octanol–water partition coefficient (Wildman–Crippen LogP) is 1.13. The maximum absolute atomic E-state index is 12.5. The standard InChI is InChI=1S/C15H20N2O2/c1-10-7-16-8-14(10)15(19)17-5-4-11-2-3-13(18)6-12(11)9-17/h2-3,6,10,14,16,18H,4-5,7-9H2,1H3. The van der Waals surface area contributed by atoms with E-state index in [1.807, 2.05) is 11.0 Å². The third-order valence-corrected chi connectivity index (χ3v) is 4.35. The number of aromatic hydroxyl groups is 1. The van der Waals surface area contributed by atoms with Crippen LogP contribution < -0.4 is 5.32 Å². The normalized spacial score (nSPS) is 26.3. The Morgan fingerprint density at radius 3 is 2.95 bits per heavy atom. The van der Waals surface area contributed by atoms with Crippen LogP contribution in [0.3, 0.4) is 0 Å². The van der Waals surface area contributed by atoms with Crippen LogP contribution in [0.1, 0.15) is 18.1 Å². The van der Waals surface area contributed by atoms with Crippen LogP contribution in [-0.2, 0) is 17.8 Å². The third-order valence-electron chi connectivity index (χ3n) is 4.35. The molecule has 2 heterocycles. The molecule has 0 saturated carbocycles. The van der Waals surface area contributed by atoms with Crippen molar-refractivity contribution in [2.45, 2.75) is 19.9 Å². The van der Waals surface area contributed by atoms with Gasteiger partial charge in [0.05, 0.1) is 5.92 Å². The first-order chi connectivity index (χ1) is 9.15. The number of carbonyl (C=O) groups excluding carboxylic acids is 1. The molecule has 0 spiro atoms. The van der Waals surface area contributed by atoms with Crippen molar-refractivity contribution in [2.75, 3.05) is 19.6 Å². The molecule has 4 nitrogen and oxygen atoms in total. The minimum absolute atomic E-state index is 0.110. The van der Waals surface area contributed by atoms with Crippen molar-refractivity contribution in [2.24, 2.45) is 11.8 Å². The Hall–Kier alpha value is -1.55. The van der Waals surface area contributed by atoms with Gasteiger partial charge >= 0.3 is 0 Å². The van der Waals surface area contributed by atoms with E-state index in [-0.39, 0.29) is 17.6 Å². The van der Waals surface area contributed by atoms with Crippen molar-refractivity contribution >= 4 is 5.91 Å². The van der Waals surface area contributed by atoms with Gasteiger partial charge in [-0.2, -0.15) is 0 Å². The second-order valence-corrected chi connectivity index (χ2v) is 5.70. The SMILES string of the molecule is CC1CNCC1C(=O)N1CCc2ccc(O)cc2C1. The second-order valence-electron chi connectivity index (χ2n) is 5.70. The highest BCUT2D eigenvalue weighted by atomic mass is 16.3. The summed E-state index contributed by atoms with van der Waals surface area (Å²) in [4.78, 5) is 14.5. The molecular formula is C15H20N2O2. The molecular weight excluding hydrogens is 240 g/mol. The molecule has 1 aromatic carbocycles. The number of phenols is 1. The molecule has 1 aromatic rings. The molecule has 0 radical (unpaired) electrons. The number of nitrogens with zero attached hydrogens (tertiary/aromatic N) is 1. The lowest BCUT2D eigenvalue weighted by molar-refractivity contribution is -0.136. The van der Waals surface area contributed by atoms with Gasteiger partial charge < -0.3 is 15.3 Å². The molecule has 0 aromatic heterocycles. The fraction of sp³-hybridized carbons (Fsp3) is 0.533. The molecule has 0 bridgehead atoms. The quantitative estimate of drug-likeness (QED) is 0.796. The van der Waals surface area contributed by atoms with E-state index in [0.29, 0.717) is 12.5 Å². The summed E-state index contributed by atoms with van der Waals surface area (Å²) in [6.07, 6.45) is 0.885.